The maximum absolute atomic E-state index is 11.6. The van der Waals surface area contributed by atoms with Crippen molar-refractivity contribution in [1.29, 1.82) is 0 Å². The van der Waals surface area contributed by atoms with Gasteiger partial charge in [0.15, 0.2) is 0 Å². The highest BCUT2D eigenvalue weighted by Gasteiger charge is 2.10. The Kier molecular flexibility index (Phi) is 5.28. The largest absolute Gasteiger partial charge is 0.383 e. The quantitative estimate of drug-likeness (QED) is 0.738. The third-order valence-electron chi connectivity index (χ3n) is 2.17. The van der Waals surface area contributed by atoms with Crippen molar-refractivity contribution < 1.29 is 9.53 Å². The summed E-state index contributed by atoms with van der Waals surface area (Å²) >= 11 is 5.93. The first kappa shape index (κ1) is 13.0. The molecular weight excluding hydrogens is 230 g/mol. The van der Waals surface area contributed by atoms with Gasteiger partial charge in [-0.3, -0.25) is 9.89 Å². The number of hydrogen-bond acceptors (Lipinski definition) is 3. The number of aromatic nitrogens is 2. The molecule has 1 aromatic rings. The zero-order chi connectivity index (χ0) is 12.0. The number of ether oxygens (including phenoxy) is 1. The standard InChI is InChI=1S/C10H16ClN3O2/c1-7-9(5-13-14-7)10(15)12-4-3-8(11)6-16-2/h5,8H,3-4,6H2,1-2H3,(H,12,15)(H,13,14). The highest BCUT2D eigenvalue weighted by atomic mass is 35.5. The molecule has 0 aliphatic carbocycles. The first-order valence-electron chi connectivity index (χ1n) is 5.06. The molecule has 0 saturated carbocycles. The lowest BCUT2D eigenvalue weighted by Crippen LogP contribution is -2.27. The van der Waals surface area contributed by atoms with Crippen LogP contribution < -0.4 is 5.32 Å². The number of amides is 1. The molecule has 0 aliphatic rings. The van der Waals surface area contributed by atoms with E-state index in [9.17, 15) is 4.79 Å². The fourth-order valence-electron chi connectivity index (χ4n) is 1.28. The van der Waals surface area contributed by atoms with Gasteiger partial charge in [-0.15, -0.1) is 11.6 Å². The van der Waals surface area contributed by atoms with Gasteiger partial charge in [0.1, 0.15) is 0 Å². The van der Waals surface area contributed by atoms with E-state index in [0.717, 1.165) is 5.69 Å². The number of aryl methyl sites for hydroxylation is 1. The molecule has 0 aromatic carbocycles. The van der Waals surface area contributed by atoms with Crippen molar-refractivity contribution >= 4 is 17.5 Å². The Hall–Kier alpha value is -1.07. The number of nitrogens with zero attached hydrogens (tertiary/aromatic N) is 1. The molecule has 5 nitrogen and oxygen atoms in total. The number of nitrogens with one attached hydrogen (secondary N) is 2. The van der Waals surface area contributed by atoms with E-state index in [1.54, 1.807) is 14.0 Å². The Balaban J connectivity index is 2.29. The molecule has 1 unspecified atom stereocenters. The highest BCUT2D eigenvalue weighted by Crippen LogP contribution is 2.03. The van der Waals surface area contributed by atoms with Crippen LogP contribution >= 0.6 is 11.6 Å². The third kappa shape index (κ3) is 3.83. The zero-order valence-corrected chi connectivity index (χ0v) is 10.2. The van der Waals surface area contributed by atoms with Gasteiger partial charge in [0.25, 0.3) is 5.91 Å². The van der Waals surface area contributed by atoms with E-state index in [4.69, 9.17) is 16.3 Å². The van der Waals surface area contributed by atoms with Gasteiger partial charge in [-0.2, -0.15) is 5.10 Å². The molecule has 0 fully saturated rings. The van der Waals surface area contributed by atoms with E-state index in [1.807, 2.05) is 0 Å². The topological polar surface area (TPSA) is 67.0 Å². The predicted molar refractivity (Wildman–Crippen MR) is 61.8 cm³/mol. The summed E-state index contributed by atoms with van der Waals surface area (Å²) in [6.45, 7) is 2.82. The van der Waals surface area contributed by atoms with Gasteiger partial charge in [0, 0.05) is 19.3 Å². The number of H-pyrrole nitrogens is 1. The van der Waals surface area contributed by atoms with E-state index in [-0.39, 0.29) is 11.3 Å². The van der Waals surface area contributed by atoms with Crippen molar-refractivity contribution in [1.82, 2.24) is 15.5 Å². The second-order valence-electron chi connectivity index (χ2n) is 3.51. The van der Waals surface area contributed by atoms with Crippen molar-refractivity contribution in [2.45, 2.75) is 18.7 Å². The molecule has 6 heteroatoms. The van der Waals surface area contributed by atoms with Gasteiger partial charge < -0.3 is 10.1 Å². The molecule has 90 valence electrons. The van der Waals surface area contributed by atoms with E-state index >= 15 is 0 Å². The van der Waals surface area contributed by atoms with Gasteiger partial charge in [-0.25, -0.2) is 0 Å². The summed E-state index contributed by atoms with van der Waals surface area (Å²) < 4.78 is 4.89. The van der Waals surface area contributed by atoms with Crippen LogP contribution in [0.25, 0.3) is 0 Å². The first-order valence-corrected chi connectivity index (χ1v) is 5.50. The Morgan fingerprint density at radius 2 is 2.50 bits per heavy atom. The second-order valence-corrected chi connectivity index (χ2v) is 4.12. The minimum atomic E-state index is -0.132. The summed E-state index contributed by atoms with van der Waals surface area (Å²) in [7, 11) is 1.60. The Bertz CT molecular complexity index is 341. The van der Waals surface area contributed by atoms with Crippen LogP contribution in [0.15, 0.2) is 6.20 Å². The van der Waals surface area contributed by atoms with Crippen LogP contribution in [0, 0.1) is 6.92 Å². The second kappa shape index (κ2) is 6.50. The normalized spacial score (nSPS) is 12.4. The number of rotatable bonds is 6. The summed E-state index contributed by atoms with van der Waals surface area (Å²) in [4.78, 5) is 11.6. The zero-order valence-electron chi connectivity index (χ0n) is 9.42. The number of aromatic amines is 1. The number of carbonyl (C=O) groups is 1. The fraction of sp³-hybridized carbons (Fsp3) is 0.600. The summed E-state index contributed by atoms with van der Waals surface area (Å²) in [5, 5.41) is 9.20. The minimum Gasteiger partial charge on any atom is -0.383 e. The lowest BCUT2D eigenvalue weighted by Gasteiger charge is -2.08. The number of methoxy groups -OCH3 is 1. The van der Waals surface area contributed by atoms with Crippen LogP contribution in [0.5, 0.6) is 0 Å². The van der Waals surface area contributed by atoms with Crippen LogP contribution in [0.4, 0.5) is 0 Å². The van der Waals surface area contributed by atoms with Gasteiger partial charge in [0.05, 0.1) is 23.7 Å². The summed E-state index contributed by atoms with van der Waals surface area (Å²) in [5.41, 5.74) is 1.33. The average Bonchev–Trinajstić information content (AvgIpc) is 2.64. The Labute approximate surface area is 99.5 Å². The third-order valence-corrected chi connectivity index (χ3v) is 2.51. The van der Waals surface area contributed by atoms with E-state index in [1.165, 1.54) is 6.20 Å². The van der Waals surface area contributed by atoms with Crippen LogP contribution in [-0.4, -0.2) is 41.7 Å². The number of hydrogen-bond donors (Lipinski definition) is 2. The monoisotopic (exact) mass is 245 g/mol. The van der Waals surface area contributed by atoms with E-state index in [2.05, 4.69) is 15.5 Å². The first-order chi connectivity index (χ1) is 7.65. The molecule has 1 atom stereocenters. The van der Waals surface area contributed by atoms with Crippen LogP contribution in [0.2, 0.25) is 0 Å². The predicted octanol–water partition coefficient (Wildman–Crippen LogP) is 1.09. The van der Waals surface area contributed by atoms with Crippen LogP contribution in [0.3, 0.4) is 0 Å². The smallest absolute Gasteiger partial charge is 0.254 e. The summed E-state index contributed by atoms with van der Waals surface area (Å²) in [5.74, 6) is -0.132. The van der Waals surface area contributed by atoms with Crippen molar-refractivity contribution in [2.75, 3.05) is 20.3 Å². The molecule has 2 N–H and O–H groups in total. The highest BCUT2D eigenvalue weighted by molar-refractivity contribution is 6.20. The van der Waals surface area contributed by atoms with Gasteiger partial charge >= 0.3 is 0 Å². The van der Waals surface area contributed by atoms with E-state index in [0.29, 0.717) is 25.1 Å². The maximum atomic E-state index is 11.6. The molecule has 0 saturated heterocycles. The van der Waals surface area contributed by atoms with Crippen molar-refractivity contribution in [3.05, 3.63) is 17.5 Å². The lowest BCUT2D eigenvalue weighted by atomic mass is 10.2. The van der Waals surface area contributed by atoms with Crippen molar-refractivity contribution in [3.63, 3.8) is 0 Å². The van der Waals surface area contributed by atoms with Gasteiger partial charge in [-0.05, 0) is 13.3 Å². The lowest BCUT2D eigenvalue weighted by molar-refractivity contribution is 0.0951. The SMILES string of the molecule is COCC(Cl)CCNC(=O)c1cn[nH]c1C. The molecular formula is C10H16ClN3O2. The Morgan fingerprint density at radius 1 is 1.75 bits per heavy atom. The molecule has 1 aromatic heterocycles. The number of halogens is 1. The molecule has 16 heavy (non-hydrogen) atoms. The average molecular weight is 246 g/mol. The van der Waals surface area contributed by atoms with Crippen molar-refractivity contribution in [2.24, 2.45) is 0 Å². The van der Waals surface area contributed by atoms with E-state index < -0.39 is 0 Å². The molecule has 1 rings (SSSR count). The number of alkyl halides is 1. The van der Waals surface area contributed by atoms with Gasteiger partial charge in [0.2, 0.25) is 0 Å². The van der Waals surface area contributed by atoms with Crippen LogP contribution in [-0.2, 0) is 4.74 Å². The van der Waals surface area contributed by atoms with Crippen molar-refractivity contribution in [3.8, 4) is 0 Å². The Morgan fingerprint density at radius 3 is 3.06 bits per heavy atom. The molecule has 1 amide bonds. The molecule has 0 radical (unpaired) electrons. The summed E-state index contributed by atoms with van der Waals surface area (Å²) in [6.07, 6.45) is 2.19. The number of carbonyl (C=O) groups excluding carboxylic acids is 1. The minimum absolute atomic E-state index is 0.0734. The molecule has 0 spiro atoms. The fourth-order valence-corrected chi connectivity index (χ4v) is 1.52. The van der Waals surface area contributed by atoms with Crippen LogP contribution in [0.1, 0.15) is 22.5 Å². The summed E-state index contributed by atoms with van der Waals surface area (Å²) in [6, 6.07) is 0. The molecule has 1 heterocycles. The molecule has 0 bridgehead atoms. The van der Waals surface area contributed by atoms with Gasteiger partial charge in [-0.1, -0.05) is 0 Å². The molecule has 0 aliphatic heterocycles. The maximum Gasteiger partial charge on any atom is 0.254 e.